The van der Waals surface area contributed by atoms with Gasteiger partial charge < -0.3 is 4.90 Å². The Labute approximate surface area is 158 Å². The zero-order valence-corrected chi connectivity index (χ0v) is 15.3. The summed E-state index contributed by atoms with van der Waals surface area (Å²) in [5.41, 5.74) is 3.99. The van der Waals surface area contributed by atoms with E-state index in [0.29, 0.717) is 24.3 Å². The molecule has 0 saturated carbocycles. The number of hydrogen-bond donors (Lipinski definition) is 0. The Kier molecular flexibility index (Phi) is 4.93. The third kappa shape index (κ3) is 3.73. The number of piperazine rings is 1. The van der Waals surface area contributed by atoms with Gasteiger partial charge in [0.1, 0.15) is 6.33 Å². The van der Waals surface area contributed by atoms with Crippen molar-refractivity contribution in [2.45, 2.75) is 13.5 Å². The molecule has 4 rings (SSSR count). The Bertz CT molecular complexity index is 916. The fourth-order valence-corrected chi connectivity index (χ4v) is 3.43. The molecule has 1 amide bonds. The zero-order valence-electron chi connectivity index (χ0n) is 15.3. The van der Waals surface area contributed by atoms with Gasteiger partial charge in [-0.1, -0.05) is 36.4 Å². The predicted molar refractivity (Wildman–Crippen MR) is 102 cm³/mol. The highest BCUT2D eigenvalue weighted by molar-refractivity contribution is 5.97. The second kappa shape index (κ2) is 7.67. The smallest absolute Gasteiger partial charge is 0.256 e. The summed E-state index contributed by atoms with van der Waals surface area (Å²) < 4.78 is 1.53. The van der Waals surface area contributed by atoms with Crippen molar-refractivity contribution in [3.8, 4) is 5.69 Å². The summed E-state index contributed by atoms with van der Waals surface area (Å²) in [6, 6.07) is 15.9. The number of carbonyl (C=O) groups is 1. The van der Waals surface area contributed by atoms with Crippen molar-refractivity contribution in [2.24, 2.45) is 0 Å². The number of carbonyl (C=O) groups excluding carboxylic acids is 1. The van der Waals surface area contributed by atoms with Gasteiger partial charge in [-0.05, 0) is 40.6 Å². The van der Waals surface area contributed by atoms with Crippen molar-refractivity contribution in [3.05, 3.63) is 71.5 Å². The molecule has 1 saturated heterocycles. The first-order valence-electron chi connectivity index (χ1n) is 9.11. The Morgan fingerprint density at radius 2 is 1.74 bits per heavy atom. The van der Waals surface area contributed by atoms with Gasteiger partial charge in [0.25, 0.3) is 5.91 Å². The molecule has 1 fully saturated rings. The molecule has 1 aliphatic heterocycles. The number of rotatable bonds is 4. The van der Waals surface area contributed by atoms with Crippen LogP contribution in [0.2, 0.25) is 0 Å². The minimum Gasteiger partial charge on any atom is -0.336 e. The molecule has 2 aromatic carbocycles. The van der Waals surface area contributed by atoms with Crippen LogP contribution in [0.15, 0.2) is 54.9 Å². The molecular weight excluding hydrogens is 340 g/mol. The van der Waals surface area contributed by atoms with E-state index in [-0.39, 0.29) is 5.91 Å². The molecule has 1 aromatic heterocycles. The highest BCUT2D eigenvalue weighted by Gasteiger charge is 2.24. The van der Waals surface area contributed by atoms with Crippen LogP contribution in [0.4, 0.5) is 0 Å². The maximum atomic E-state index is 13.1. The molecule has 0 radical (unpaired) electrons. The Balaban J connectivity index is 1.43. The highest BCUT2D eigenvalue weighted by atomic mass is 16.2. The van der Waals surface area contributed by atoms with Crippen LogP contribution in [0.1, 0.15) is 21.5 Å². The van der Waals surface area contributed by atoms with Crippen molar-refractivity contribution in [1.82, 2.24) is 30.0 Å². The lowest BCUT2D eigenvalue weighted by atomic mass is 10.1. The molecule has 0 unspecified atom stereocenters. The minimum absolute atomic E-state index is 0.0247. The van der Waals surface area contributed by atoms with Crippen LogP contribution in [-0.4, -0.2) is 62.1 Å². The fraction of sp³-hybridized carbons (Fsp3) is 0.300. The molecule has 3 aromatic rings. The number of tetrazole rings is 1. The monoisotopic (exact) mass is 362 g/mol. The maximum Gasteiger partial charge on any atom is 0.256 e. The van der Waals surface area contributed by atoms with Crippen molar-refractivity contribution >= 4 is 5.91 Å². The van der Waals surface area contributed by atoms with Gasteiger partial charge >= 0.3 is 0 Å². The predicted octanol–water partition coefficient (Wildman–Crippen LogP) is 1.93. The van der Waals surface area contributed by atoms with E-state index in [9.17, 15) is 4.79 Å². The van der Waals surface area contributed by atoms with Gasteiger partial charge in [-0.15, -0.1) is 5.10 Å². The number of aromatic nitrogens is 4. The second-order valence-electron chi connectivity index (χ2n) is 6.77. The number of para-hydroxylation sites is 1. The van der Waals surface area contributed by atoms with Crippen molar-refractivity contribution in [2.75, 3.05) is 26.2 Å². The molecular formula is C20H22N6O. The van der Waals surface area contributed by atoms with E-state index in [1.807, 2.05) is 29.2 Å². The van der Waals surface area contributed by atoms with E-state index in [0.717, 1.165) is 19.6 Å². The van der Waals surface area contributed by atoms with Gasteiger partial charge in [0, 0.05) is 32.7 Å². The van der Waals surface area contributed by atoms with Gasteiger partial charge in [-0.2, -0.15) is 4.68 Å². The summed E-state index contributed by atoms with van der Waals surface area (Å²) in [5.74, 6) is 0.0247. The van der Waals surface area contributed by atoms with Crippen molar-refractivity contribution in [1.29, 1.82) is 0 Å². The highest BCUT2D eigenvalue weighted by Crippen LogP contribution is 2.18. The second-order valence-corrected chi connectivity index (χ2v) is 6.77. The lowest BCUT2D eigenvalue weighted by Crippen LogP contribution is -2.48. The number of amides is 1. The van der Waals surface area contributed by atoms with Crippen LogP contribution in [0, 0.1) is 6.92 Å². The summed E-state index contributed by atoms with van der Waals surface area (Å²) in [7, 11) is 0. The Morgan fingerprint density at radius 1 is 1.00 bits per heavy atom. The van der Waals surface area contributed by atoms with Crippen LogP contribution in [0.3, 0.4) is 0 Å². The minimum atomic E-state index is 0.0247. The van der Waals surface area contributed by atoms with Gasteiger partial charge in [0.05, 0.1) is 11.3 Å². The van der Waals surface area contributed by atoms with Crippen LogP contribution >= 0.6 is 0 Å². The van der Waals surface area contributed by atoms with E-state index >= 15 is 0 Å². The molecule has 0 N–H and O–H groups in total. The summed E-state index contributed by atoms with van der Waals surface area (Å²) in [4.78, 5) is 17.4. The fourth-order valence-electron chi connectivity index (χ4n) is 3.43. The third-order valence-corrected chi connectivity index (χ3v) is 5.05. The van der Waals surface area contributed by atoms with Gasteiger partial charge in [-0.3, -0.25) is 9.69 Å². The Morgan fingerprint density at radius 3 is 2.48 bits per heavy atom. The van der Waals surface area contributed by atoms with Crippen LogP contribution in [0.5, 0.6) is 0 Å². The molecule has 138 valence electrons. The maximum absolute atomic E-state index is 13.1. The van der Waals surface area contributed by atoms with Gasteiger partial charge in [0.15, 0.2) is 0 Å². The van der Waals surface area contributed by atoms with Crippen LogP contribution in [-0.2, 0) is 6.54 Å². The average Bonchev–Trinajstić information content (AvgIpc) is 3.24. The molecule has 0 aliphatic carbocycles. The molecule has 27 heavy (non-hydrogen) atoms. The normalized spacial score (nSPS) is 15.1. The number of hydrogen-bond acceptors (Lipinski definition) is 5. The average molecular weight is 362 g/mol. The third-order valence-electron chi connectivity index (χ3n) is 5.05. The molecule has 1 aliphatic rings. The van der Waals surface area contributed by atoms with E-state index in [1.54, 1.807) is 0 Å². The summed E-state index contributed by atoms with van der Waals surface area (Å²) >= 11 is 0. The molecule has 0 atom stereocenters. The number of benzene rings is 2. The van der Waals surface area contributed by atoms with Crippen molar-refractivity contribution < 1.29 is 4.79 Å². The number of nitrogens with zero attached hydrogens (tertiary/aromatic N) is 6. The number of aryl methyl sites for hydroxylation is 1. The van der Waals surface area contributed by atoms with E-state index in [1.165, 1.54) is 22.1 Å². The lowest BCUT2D eigenvalue weighted by molar-refractivity contribution is 0.0628. The first-order chi connectivity index (χ1) is 13.2. The summed E-state index contributed by atoms with van der Waals surface area (Å²) in [5, 5.41) is 11.3. The standard InChI is InChI=1S/C20H22N6O/c1-16-6-2-3-7-17(16)14-24-10-12-25(13-11-24)20(27)18-8-4-5-9-19(18)26-15-21-22-23-26/h2-9,15H,10-14H2,1H3. The molecule has 7 nitrogen and oxygen atoms in total. The van der Waals surface area contributed by atoms with Gasteiger partial charge in [0.2, 0.25) is 0 Å². The first-order valence-corrected chi connectivity index (χ1v) is 9.11. The molecule has 0 bridgehead atoms. The zero-order chi connectivity index (χ0) is 18.6. The lowest BCUT2D eigenvalue weighted by Gasteiger charge is -2.35. The van der Waals surface area contributed by atoms with Crippen molar-refractivity contribution in [3.63, 3.8) is 0 Å². The molecule has 7 heteroatoms. The largest absolute Gasteiger partial charge is 0.336 e. The first kappa shape index (κ1) is 17.4. The van der Waals surface area contributed by atoms with Crippen LogP contribution < -0.4 is 0 Å². The Hall–Kier alpha value is -3.06. The summed E-state index contributed by atoms with van der Waals surface area (Å²) in [6.07, 6.45) is 1.51. The molecule has 0 spiro atoms. The van der Waals surface area contributed by atoms with Gasteiger partial charge in [-0.25, -0.2) is 0 Å². The summed E-state index contributed by atoms with van der Waals surface area (Å²) in [6.45, 7) is 6.24. The van der Waals surface area contributed by atoms with E-state index in [2.05, 4.69) is 51.6 Å². The quantitative estimate of drug-likeness (QED) is 0.709. The SMILES string of the molecule is Cc1ccccc1CN1CCN(C(=O)c2ccccc2-n2cnnn2)CC1. The molecule has 2 heterocycles. The van der Waals surface area contributed by atoms with E-state index < -0.39 is 0 Å². The van der Waals surface area contributed by atoms with E-state index in [4.69, 9.17) is 0 Å². The topological polar surface area (TPSA) is 67.2 Å². The van der Waals surface area contributed by atoms with Crippen LogP contribution in [0.25, 0.3) is 5.69 Å².